The Hall–Kier alpha value is -3.08. The number of carbonyl (C=O) groups is 1. The molecule has 6 heteroatoms. The Morgan fingerprint density at radius 1 is 0.967 bits per heavy atom. The van der Waals surface area contributed by atoms with Crippen molar-refractivity contribution in [2.45, 2.75) is 6.92 Å². The minimum absolute atomic E-state index is 0.273. The van der Waals surface area contributed by atoms with Crippen molar-refractivity contribution in [3.8, 4) is 17.0 Å². The van der Waals surface area contributed by atoms with E-state index >= 15 is 0 Å². The Labute approximate surface area is 184 Å². The SMILES string of the molecule is COc1ccc(-c2nc3ccccc3c(C(=O)Nc3cccc(Cl)c3Cl)c2C)cc1. The molecule has 0 unspecified atom stereocenters. The molecule has 0 aliphatic carbocycles. The molecule has 3 aromatic carbocycles. The second kappa shape index (κ2) is 8.34. The zero-order chi connectivity index (χ0) is 21.3. The first-order valence-electron chi connectivity index (χ1n) is 9.28. The lowest BCUT2D eigenvalue weighted by atomic mass is 9.97. The molecule has 0 aliphatic rings. The zero-order valence-corrected chi connectivity index (χ0v) is 17.9. The molecule has 0 aliphatic heterocycles. The van der Waals surface area contributed by atoms with Gasteiger partial charge in [0.2, 0.25) is 0 Å². The molecule has 4 rings (SSSR count). The molecule has 0 atom stereocenters. The number of hydrogen-bond acceptors (Lipinski definition) is 3. The van der Waals surface area contributed by atoms with E-state index in [0.717, 1.165) is 33.5 Å². The van der Waals surface area contributed by atoms with Crippen LogP contribution in [0.25, 0.3) is 22.2 Å². The van der Waals surface area contributed by atoms with Crippen LogP contribution in [0.1, 0.15) is 15.9 Å². The van der Waals surface area contributed by atoms with Crippen molar-refractivity contribution in [2.24, 2.45) is 0 Å². The van der Waals surface area contributed by atoms with Gasteiger partial charge in [-0.2, -0.15) is 0 Å². The van der Waals surface area contributed by atoms with E-state index in [-0.39, 0.29) is 5.91 Å². The van der Waals surface area contributed by atoms with Crippen molar-refractivity contribution in [1.29, 1.82) is 0 Å². The van der Waals surface area contributed by atoms with Crippen molar-refractivity contribution < 1.29 is 9.53 Å². The Kier molecular flexibility index (Phi) is 5.62. The number of amides is 1. The summed E-state index contributed by atoms with van der Waals surface area (Å²) < 4.78 is 5.25. The minimum Gasteiger partial charge on any atom is -0.497 e. The lowest BCUT2D eigenvalue weighted by Gasteiger charge is -2.15. The summed E-state index contributed by atoms with van der Waals surface area (Å²) in [6.45, 7) is 1.90. The summed E-state index contributed by atoms with van der Waals surface area (Å²) in [4.78, 5) is 18.2. The molecular weight excluding hydrogens is 419 g/mol. The average molecular weight is 437 g/mol. The van der Waals surface area contributed by atoms with E-state index in [4.69, 9.17) is 32.9 Å². The van der Waals surface area contributed by atoms with E-state index in [2.05, 4.69) is 5.32 Å². The van der Waals surface area contributed by atoms with Crippen molar-refractivity contribution >= 4 is 45.7 Å². The monoisotopic (exact) mass is 436 g/mol. The van der Waals surface area contributed by atoms with Gasteiger partial charge in [-0.05, 0) is 55.0 Å². The number of carbonyl (C=O) groups excluding carboxylic acids is 1. The third-order valence-corrected chi connectivity index (χ3v) is 5.75. The van der Waals surface area contributed by atoms with Crippen LogP contribution in [0.5, 0.6) is 5.75 Å². The molecular formula is C24H18Cl2N2O2. The molecule has 30 heavy (non-hydrogen) atoms. The molecule has 0 spiro atoms. The molecule has 150 valence electrons. The topological polar surface area (TPSA) is 51.2 Å². The van der Waals surface area contributed by atoms with E-state index in [9.17, 15) is 4.79 Å². The van der Waals surface area contributed by atoms with Gasteiger partial charge in [-0.25, -0.2) is 4.98 Å². The summed E-state index contributed by atoms with van der Waals surface area (Å²) in [5.74, 6) is 0.482. The fraction of sp³-hybridized carbons (Fsp3) is 0.0833. The van der Waals surface area contributed by atoms with Crippen LogP contribution >= 0.6 is 23.2 Å². The van der Waals surface area contributed by atoms with Crippen LogP contribution in [0.4, 0.5) is 5.69 Å². The number of pyridine rings is 1. The number of nitrogens with one attached hydrogen (secondary N) is 1. The van der Waals surface area contributed by atoms with Gasteiger partial charge in [0, 0.05) is 10.9 Å². The summed E-state index contributed by atoms with van der Waals surface area (Å²) in [6, 6.07) is 20.3. The summed E-state index contributed by atoms with van der Waals surface area (Å²) in [7, 11) is 1.62. The Morgan fingerprint density at radius 3 is 2.43 bits per heavy atom. The molecule has 4 nitrogen and oxygen atoms in total. The van der Waals surface area contributed by atoms with Gasteiger partial charge in [-0.1, -0.05) is 47.5 Å². The lowest BCUT2D eigenvalue weighted by Crippen LogP contribution is -2.15. The van der Waals surface area contributed by atoms with E-state index < -0.39 is 0 Å². The number of hydrogen-bond donors (Lipinski definition) is 1. The third kappa shape index (κ3) is 3.72. The maximum Gasteiger partial charge on any atom is 0.256 e. The highest BCUT2D eigenvalue weighted by Gasteiger charge is 2.20. The molecule has 1 amide bonds. The fourth-order valence-corrected chi connectivity index (χ4v) is 3.76. The largest absolute Gasteiger partial charge is 0.497 e. The van der Waals surface area contributed by atoms with Crippen LogP contribution in [-0.4, -0.2) is 18.0 Å². The molecule has 1 heterocycles. The average Bonchev–Trinajstić information content (AvgIpc) is 2.76. The highest BCUT2D eigenvalue weighted by Crippen LogP contribution is 2.33. The van der Waals surface area contributed by atoms with Crippen molar-refractivity contribution in [3.05, 3.63) is 87.9 Å². The molecule has 1 N–H and O–H groups in total. The summed E-state index contributed by atoms with van der Waals surface area (Å²) in [5, 5.41) is 4.34. The molecule has 0 radical (unpaired) electrons. The van der Waals surface area contributed by atoms with Crippen LogP contribution in [0.15, 0.2) is 66.7 Å². The zero-order valence-electron chi connectivity index (χ0n) is 16.4. The molecule has 4 aromatic rings. The summed E-state index contributed by atoms with van der Waals surface area (Å²) >= 11 is 12.4. The molecule has 1 aromatic heterocycles. The van der Waals surface area contributed by atoms with Gasteiger partial charge in [-0.3, -0.25) is 4.79 Å². The van der Waals surface area contributed by atoms with Gasteiger partial charge in [0.15, 0.2) is 0 Å². The number of halogens is 2. The summed E-state index contributed by atoms with van der Waals surface area (Å²) in [6.07, 6.45) is 0. The minimum atomic E-state index is -0.273. The molecule has 0 bridgehead atoms. The summed E-state index contributed by atoms with van der Waals surface area (Å²) in [5.41, 5.74) is 4.14. The third-order valence-electron chi connectivity index (χ3n) is 4.93. The van der Waals surface area contributed by atoms with Crippen molar-refractivity contribution in [1.82, 2.24) is 4.98 Å². The van der Waals surface area contributed by atoms with E-state index in [1.165, 1.54) is 0 Å². The van der Waals surface area contributed by atoms with Gasteiger partial charge in [0.25, 0.3) is 5.91 Å². The number of fused-ring (bicyclic) bond motifs is 1. The molecule has 0 fully saturated rings. The van der Waals surface area contributed by atoms with Crippen LogP contribution in [0.2, 0.25) is 10.0 Å². The van der Waals surface area contributed by atoms with Gasteiger partial charge in [0.05, 0.1) is 39.6 Å². The maximum absolute atomic E-state index is 13.3. The predicted molar refractivity (Wildman–Crippen MR) is 123 cm³/mol. The Balaban J connectivity index is 1.86. The second-order valence-electron chi connectivity index (χ2n) is 6.76. The number of aromatic nitrogens is 1. The van der Waals surface area contributed by atoms with Gasteiger partial charge in [-0.15, -0.1) is 0 Å². The first-order valence-corrected chi connectivity index (χ1v) is 10.0. The van der Waals surface area contributed by atoms with E-state index in [1.54, 1.807) is 25.3 Å². The van der Waals surface area contributed by atoms with Gasteiger partial charge in [0.1, 0.15) is 5.75 Å². The number of nitrogens with zero attached hydrogens (tertiary/aromatic N) is 1. The fourth-order valence-electron chi connectivity index (χ4n) is 3.41. The molecule has 0 saturated heterocycles. The van der Waals surface area contributed by atoms with Crippen LogP contribution in [0, 0.1) is 6.92 Å². The number of methoxy groups -OCH3 is 1. The lowest BCUT2D eigenvalue weighted by molar-refractivity contribution is 0.102. The number of anilines is 1. The number of benzene rings is 3. The van der Waals surface area contributed by atoms with Gasteiger partial charge < -0.3 is 10.1 Å². The van der Waals surface area contributed by atoms with Crippen LogP contribution < -0.4 is 10.1 Å². The van der Waals surface area contributed by atoms with E-state index in [1.807, 2.05) is 55.5 Å². The molecule has 0 saturated carbocycles. The van der Waals surface area contributed by atoms with E-state index in [0.29, 0.717) is 21.3 Å². The Bertz CT molecular complexity index is 1250. The van der Waals surface area contributed by atoms with Gasteiger partial charge >= 0.3 is 0 Å². The first kappa shape index (κ1) is 20.2. The van der Waals surface area contributed by atoms with Crippen molar-refractivity contribution in [3.63, 3.8) is 0 Å². The highest BCUT2D eigenvalue weighted by atomic mass is 35.5. The number of ether oxygens (including phenoxy) is 1. The highest BCUT2D eigenvalue weighted by molar-refractivity contribution is 6.44. The number of rotatable bonds is 4. The Morgan fingerprint density at radius 2 is 1.70 bits per heavy atom. The van der Waals surface area contributed by atoms with Crippen LogP contribution in [-0.2, 0) is 0 Å². The standard InChI is InChI=1S/C24H18Cl2N2O2/c1-14-21(24(29)28-20-9-5-7-18(25)22(20)26)17-6-3-4-8-19(17)27-23(14)15-10-12-16(30-2)13-11-15/h3-13H,1-2H3,(H,28,29). The van der Waals surface area contributed by atoms with Crippen molar-refractivity contribution in [2.75, 3.05) is 12.4 Å². The normalized spacial score (nSPS) is 10.8. The second-order valence-corrected chi connectivity index (χ2v) is 7.55. The van der Waals surface area contributed by atoms with Crippen LogP contribution in [0.3, 0.4) is 0 Å². The quantitative estimate of drug-likeness (QED) is 0.383. The predicted octanol–water partition coefficient (Wildman–Crippen LogP) is 6.78. The number of para-hydroxylation sites is 1. The first-order chi connectivity index (χ1) is 14.5. The maximum atomic E-state index is 13.3. The smallest absolute Gasteiger partial charge is 0.256 e.